The van der Waals surface area contributed by atoms with Gasteiger partial charge >= 0.3 is 0 Å². The third kappa shape index (κ3) is 4.47. The van der Waals surface area contributed by atoms with Gasteiger partial charge in [0.05, 0.1) is 17.0 Å². The number of fused-ring (bicyclic) bond motifs is 1. The quantitative estimate of drug-likeness (QED) is 0.275. The van der Waals surface area contributed by atoms with Gasteiger partial charge in [-0.2, -0.15) is 0 Å². The van der Waals surface area contributed by atoms with Crippen molar-refractivity contribution >= 4 is 39.5 Å². The number of aromatic nitrogens is 3. The number of imidazole rings is 1. The molecule has 0 N–H and O–H groups in total. The minimum Gasteiger partial charge on any atom is -0.294 e. The van der Waals surface area contributed by atoms with Gasteiger partial charge in [0.25, 0.3) is 0 Å². The third-order valence-corrected chi connectivity index (χ3v) is 6.97. The molecule has 2 aromatic heterocycles. The second kappa shape index (κ2) is 9.42. The summed E-state index contributed by atoms with van der Waals surface area (Å²) in [4.78, 5) is 23.0. The SMILES string of the molecule is O=C(CSc1nc(-c2ccccc2)cn1-c1ccccc1)Sc1cccc2cccnc12. The fourth-order valence-corrected chi connectivity index (χ4v) is 5.20. The summed E-state index contributed by atoms with van der Waals surface area (Å²) in [6, 6.07) is 30.0. The average molecular weight is 454 g/mol. The number of pyridine rings is 1. The first-order valence-electron chi connectivity index (χ1n) is 10.2. The molecule has 3 aromatic carbocycles. The number of para-hydroxylation sites is 2. The van der Waals surface area contributed by atoms with Crippen LogP contribution in [0.3, 0.4) is 0 Å². The monoisotopic (exact) mass is 453 g/mol. The van der Waals surface area contributed by atoms with E-state index in [0.717, 1.165) is 37.9 Å². The molecular weight excluding hydrogens is 434 g/mol. The summed E-state index contributed by atoms with van der Waals surface area (Å²) in [5, 5.41) is 1.89. The summed E-state index contributed by atoms with van der Waals surface area (Å²) in [5.74, 6) is 0.311. The molecule has 0 saturated heterocycles. The molecule has 0 amide bonds. The predicted molar refractivity (Wildman–Crippen MR) is 132 cm³/mol. The maximum absolute atomic E-state index is 12.8. The highest BCUT2D eigenvalue weighted by Crippen LogP contribution is 2.31. The molecule has 0 radical (unpaired) electrons. The Hall–Kier alpha value is -3.35. The summed E-state index contributed by atoms with van der Waals surface area (Å²) in [6.07, 6.45) is 3.78. The van der Waals surface area contributed by atoms with Gasteiger partial charge in [-0.05, 0) is 36.0 Å². The number of carbonyl (C=O) groups is 1. The first kappa shape index (κ1) is 20.5. The van der Waals surface area contributed by atoms with E-state index in [1.165, 1.54) is 23.5 Å². The first-order chi connectivity index (χ1) is 15.8. The number of nitrogens with zero attached hydrogens (tertiary/aromatic N) is 3. The molecular formula is C26H19N3OS2. The van der Waals surface area contributed by atoms with E-state index >= 15 is 0 Å². The number of hydrogen-bond donors (Lipinski definition) is 0. The van der Waals surface area contributed by atoms with Crippen LogP contribution in [0.2, 0.25) is 0 Å². The maximum atomic E-state index is 12.8. The topological polar surface area (TPSA) is 47.8 Å². The lowest BCUT2D eigenvalue weighted by Crippen LogP contribution is -2.00. The van der Waals surface area contributed by atoms with Crippen molar-refractivity contribution in [3.8, 4) is 16.9 Å². The highest BCUT2D eigenvalue weighted by atomic mass is 32.2. The Balaban J connectivity index is 1.38. The third-order valence-electron chi connectivity index (χ3n) is 4.92. The van der Waals surface area contributed by atoms with Crippen LogP contribution in [-0.2, 0) is 4.79 Å². The van der Waals surface area contributed by atoms with Gasteiger partial charge in [0.15, 0.2) is 5.16 Å². The average Bonchev–Trinajstić information content (AvgIpc) is 3.28. The molecule has 156 valence electrons. The summed E-state index contributed by atoms with van der Waals surface area (Å²) < 4.78 is 2.05. The maximum Gasteiger partial charge on any atom is 0.204 e. The minimum atomic E-state index is 0.0667. The van der Waals surface area contributed by atoms with Crippen LogP contribution in [0.15, 0.2) is 113 Å². The van der Waals surface area contributed by atoms with Crippen molar-refractivity contribution in [2.24, 2.45) is 0 Å². The molecule has 0 spiro atoms. The number of carbonyl (C=O) groups excluding carboxylic acids is 1. The highest BCUT2D eigenvalue weighted by molar-refractivity contribution is 8.16. The number of rotatable bonds is 6. The standard InChI is InChI=1S/C26H19N3OS2/c30-24(32-23-15-7-11-20-12-8-16-27-25(20)23)18-31-26-28-22(19-9-3-1-4-10-19)17-29(26)21-13-5-2-6-14-21/h1-17H,18H2. The van der Waals surface area contributed by atoms with Gasteiger partial charge in [-0.25, -0.2) is 4.98 Å². The summed E-state index contributed by atoms with van der Waals surface area (Å²) in [5.41, 5.74) is 3.81. The van der Waals surface area contributed by atoms with Gasteiger partial charge in [-0.15, -0.1) is 0 Å². The normalized spacial score (nSPS) is 11.0. The number of thioether (sulfide) groups is 2. The highest BCUT2D eigenvalue weighted by Gasteiger charge is 2.15. The summed E-state index contributed by atoms with van der Waals surface area (Å²) >= 11 is 2.69. The van der Waals surface area contributed by atoms with Crippen molar-refractivity contribution in [2.45, 2.75) is 10.1 Å². The second-order valence-electron chi connectivity index (χ2n) is 7.07. The van der Waals surface area contributed by atoms with E-state index in [9.17, 15) is 4.79 Å². The fraction of sp³-hybridized carbons (Fsp3) is 0.0385. The molecule has 2 heterocycles. The predicted octanol–water partition coefficient (Wildman–Crippen LogP) is 6.50. The van der Waals surface area contributed by atoms with Gasteiger partial charge < -0.3 is 0 Å². The molecule has 0 fully saturated rings. The van der Waals surface area contributed by atoms with Crippen LogP contribution in [0.5, 0.6) is 0 Å². The van der Waals surface area contributed by atoms with E-state index in [0.29, 0.717) is 5.75 Å². The second-order valence-corrected chi connectivity index (χ2v) is 9.12. The Morgan fingerprint density at radius 2 is 1.59 bits per heavy atom. The molecule has 0 unspecified atom stereocenters. The van der Waals surface area contributed by atoms with E-state index in [-0.39, 0.29) is 5.12 Å². The van der Waals surface area contributed by atoms with Crippen molar-refractivity contribution in [2.75, 3.05) is 5.75 Å². The van der Waals surface area contributed by atoms with E-state index < -0.39 is 0 Å². The van der Waals surface area contributed by atoms with Crippen molar-refractivity contribution in [3.63, 3.8) is 0 Å². The lowest BCUT2D eigenvalue weighted by Gasteiger charge is -2.07. The Bertz CT molecular complexity index is 1360. The van der Waals surface area contributed by atoms with Crippen molar-refractivity contribution < 1.29 is 4.79 Å². The van der Waals surface area contributed by atoms with Gasteiger partial charge in [0.1, 0.15) is 0 Å². The van der Waals surface area contributed by atoms with E-state index in [2.05, 4.69) is 4.98 Å². The molecule has 0 bridgehead atoms. The van der Waals surface area contributed by atoms with E-state index in [1.54, 1.807) is 6.20 Å². The van der Waals surface area contributed by atoms with Crippen molar-refractivity contribution in [3.05, 3.63) is 103 Å². The molecule has 5 aromatic rings. The summed E-state index contributed by atoms with van der Waals surface area (Å²) in [7, 11) is 0. The molecule has 4 nitrogen and oxygen atoms in total. The van der Waals surface area contributed by atoms with E-state index in [1.807, 2.05) is 102 Å². The molecule has 0 aliphatic carbocycles. The van der Waals surface area contributed by atoms with Crippen molar-refractivity contribution in [1.29, 1.82) is 0 Å². The Morgan fingerprint density at radius 1 is 0.844 bits per heavy atom. The van der Waals surface area contributed by atoms with E-state index in [4.69, 9.17) is 4.98 Å². The Kier molecular flexibility index (Phi) is 6.05. The smallest absolute Gasteiger partial charge is 0.204 e. The van der Waals surface area contributed by atoms with Crippen LogP contribution in [0.1, 0.15) is 0 Å². The van der Waals surface area contributed by atoms with Crippen LogP contribution < -0.4 is 0 Å². The van der Waals surface area contributed by atoms with Gasteiger partial charge in [-0.1, -0.05) is 78.5 Å². The lowest BCUT2D eigenvalue weighted by molar-refractivity contribution is -0.108. The van der Waals surface area contributed by atoms with Crippen LogP contribution in [0.4, 0.5) is 0 Å². The lowest BCUT2D eigenvalue weighted by atomic mass is 10.2. The van der Waals surface area contributed by atoms with Crippen LogP contribution in [0.25, 0.3) is 27.8 Å². The van der Waals surface area contributed by atoms with Crippen molar-refractivity contribution in [1.82, 2.24) is 14.5 Å². The largest absolute Gasteiger partial charge is 0.294 e. The zero-order valence-electron chi connectivity index (χ0n) is 17.1. The first-order valence-corrected chi connectivity index (χ1v) is 12.0. The molecule has 0 atom stereocenters. The molecule has 0 aliphatic heterocycles. The molecule has 0 aliphatic rings. The molecule has 6 heteroatoms. The number of hydrogen-bond acceptors (Lipinski definition) is 5. The van der Waals surface area contributed by atoms with Crippen LogP contribution in [-0.4, -0.2) is 25.4 Å². The minimum absolute atomic E-state index is 0.0667. The zero-order chi connectivity index (χ0) is 21.8. The van der Waals surface area contributed by atoms with Gasteiger partial charge in [0, 0.05) is 33.9 Å². The Labute approximate surface area is 194 Å². The molecule has 0 saturated carbocycles. The van der Waals surface area contributed by atoms with Crippen LogP contribution in [0, 0.1) is 0 Å². The molecule has 32 heavy (non-hydrogen) atoms. The summed E-state index contributed by atoms with van der Waals surface area (Å²) in [6.45, 7) is 0. The number of benzene rings is 3. The van der Waals surface area contributed by atoms with Gasteiger partial charge in [-0.3, -0.25) is 14.3 Å². The Morgan fingerprint density at radius 3 is 2.41 bits per heavy atom. The van der Waals surface area contributed by atoms with Crippen LogP contribution >= 0.6 is 23.5 Å². The zero-order valence-corrected chi connectivity index (χ0v) is 18.7. The molecule has 5 rings (SSSR count). The fourth-order valence-electron chi connectivity index (χ4n) is 3.42. The van der Waals surface area contributed by atoms with Gasteiger partial charge in [0.2, 0.25) is 5.12 Å².